The molecular formula is C29H31F5O6S2. The lowest BCUT2D eigenvalue weighted by Gasteiger charge is -2.30. The van der Waals surface area contributed by atoms with E-state index in [1.165, 1.54) is 12.1 Å². The zero-order valence-corrected chi connectivity index (χ0v) is 24.5. The summed E-state index contributed by atoms with van der Waals surface area (Å²) in [6.45, 7) is 5.23. The molecule has 0 fully saturated rings. The molecule has 0 aliphatic heterocycles. The van der Waals surface area contributed by atoms with Gasteiger partial charge in [-0.25, -0.2) is 8.42 Å². The van der Waals surface area contributed by atoms with Crippen molar-refractivity contribution in [3.63, 3.8) is 0 Å². The van der Waals surface area contributed by atoms with Crippen LogP contribution >= 0.6 is 0 Å². The van der Waals surface area contributed by atoms with Crippen LogP contribution in [0.25, 0.3) is 0 Å². The van der Waals surface area contributed by atoms with Crippen molar-refractivity contribution in [1.82, 2.24) is 0 Å². The maximum Gasteiger partial charge on any atom is 0.432 e. The molecule has 1 atom stereocenters. The van der Waals surface area contributed by atoms with Crippen molar-refractivity contribution in [3.05, 3.63) is 72.8 Å². The molecule has 230 valence electrons. The minimum Gasteiger partial charge on any atom is -0.743 e. The second kappa shape index (κ2) is 14.4. The summed E-state index contributed by atoms with van der Waals surface area (Å²) in [5.41, 5.74) is 0. The Bertz CT molecular complexity index is 1310. The van der Waals surface area contributed by atoms with Gasteiger partial charge in [0.2, 0.25) is 0 Å². The van der Waals surface area contributed by atoms with E-state index in [1.54, 1.807) is 0 Å². The van der Waals surface area contributed by atoms with Gasteiger partial charge < -0.3 is 18.8 Å². The van der Waals surface area contributed by atoms with Crippen LogP contribution < -0.4 is 14.2 Å². The van der Waals surface area contributed by atoms with Crippen LogP contribution in [0.4, 0.5) is 22.0 Å². The van der Waals surface area contributed by atoms with E-state index in [0.29, 0.717) is 29.6 Å². The summed E-state index contributed by atoms with van der Waals surface area (Å²) in [6, 6.07) is 19.5. The third-order valence-corrected chi connectivity index (χ3v) is 9.01. The summed E-state index contributed by atoms with van der Waals surface area (Å²) < 4.78 is 116. The molecule has 6 nitrogen and oxygen atoms in total. The Labute approximate surface area is 244 Å². The topological polar surface area (TPSA) is 84.9 Å². The van der Waals surface area contributed by atoms with E-state index in [0.717, 1.165) is 47.6 Å². The van der Waals surface area contributed by atoms with E-state index in [1.807, 2.05) is 48.5 Å². The first-order valence-corrected chi connectivity index (χ1v) is 15.8. The molecule has 13 heteroatoms. The van der Waals surface area contributed by atoms with Gasteiger partial charge in [0.15, 0.2) is 24.8 Å². The van der Waals surface area contributed by atoms with Gasteiger partial charge in [-0.05, 0) is 85.6 Å². The van der Waals surface area contributed by atoms with E-state index in [9.17, 15) is 34.9 Å². The van der Waals surface area contributed by atoms with E-state index < -0.39 is 44.3 Å². The fourth-order valence-corrected chi connectivity index (χ4v) is 6.15. The number of benzene rings is 3. The highest BCUT2D eigenvalue weighted by Crippen LogP contribution is 2.39. The Morgan fingerprint density at radius 3 is 1.36 bits per heavy atom. The van der Waals surface area contributed by atoms with Crippen molar-refractivity contribution in [2.75, 3.05) is 13.2 Å². The average Bonchev–Trinajstić information content (AvgIpc) is 2.93. The van der Waals surface area contributed by atoms with Gasteiger partial charge in [-0.15, -0.1) is 0 Å². The highest BCUT2D eigenvalue weighted by atomic mass is 32.2. The van der Waals surface area contributed by atoms with Crippen LogP contribution in [0.15, 0.2) is 87.5 Å². The van der Waals surface area contributed by atoms with Crippen LogP contribution in [0, 0.1) is 0 Å². The van der Waals surface area contributed by atoms with Crippen molar-refractivity contribution < 1.29 is 49.1 Å². The number of unbranched alkanes of at least 4 members (excludes halogenated alkanes) is 2. The van der Waals surface area contributed by atoms with Crippen molar-refractivity contribution in [3.8, 4) is 17.2 Å². The van der Waals surface area contributed by atoms with E-state index >= 15 is 0 Å². The summed E-state index contributed by atoms with van der Waals surface area (Å²) >= 11 is 0. The van der Waals surface area contributed by atoms with Crippen molar-refractivity contribution >= 4 is 21.0 Å². The predicted molar refractivity (Wildman–Crippen MR) is 147 cm³/mol. The van der Waals surface area contributed by atoms with Crippen LogP contribution in [0.3, 0.4) is 0 Å². The molecule has 3 aromatic carbocycles. The van der Waals surface area contributed by atoms with Crippen LogP contribution in [0.5, 0.6) is 17.2 Å². The van der Waals surface area contributed by atoms with Crippen LogP contribution in [-0.4, -0.2) is 43.7 Å². The summed E-state index contributed by atoms with van der Waals surface area (Å²) in [5, 5.41) is -5.74. The fraction of sp³-hybridized carbons (Fsp3) is 0.379. The standard InChI is InChI=1S/C29H31F5O6S2/c1-3-5-19-38-21-7-13-24(14-8-21)41(25-15-9-22(10-16-25)39-20-6-4-2)26-17-11-23(12-18-26)40-27(28(30,31)32)29(33,34)42(35,36)37/h7-18,27H,3-6,19-20H2,1-2H3. The number of ether oxygens (including phenoxy) is 3. The first-order chi connectivity index (χ1) is 19.8. The summed E-state index contributed by atoms with van der Waals surface area (Å²) in [7, 11) is -7.47. The lowest BCUT2D eigenvalue weighted by molar-refractivity contribution is -0.239. The first-order valence-electron chi connectivity index (χ1n) is 13.1. The maximum atomic E-state index is 13.9. The van der Waals surface area contributed by atoms with Crippen molar-refractivity contribution in [2.24, 2.45) is 0 Å². The Morgan fingerprint density at radius 2 is 1.05 bits per heavy atom. The summed E-state index contributed by atoms with van der Waals surface area (Å²) in [6.07, 6.45) is -6.27. The molecule has 0 aliphatic carbocycles. The molecule has 42 heavy (non-hydrogen) atoms. The molecule has 0 amide bonds. The largest absolute Gasteiger partial charge is 0.743 e. The Balaban J connectivity index is 1.94. The molecule has 3 rings (SSSR count). The second-order valence-corrected chi connectivity index (χ2v) is 12.7. The van der Waals surface area contributed by atoms with Crippen LogP contribution in [-0.2, 0) is 21.0 Å². The number of hydrogen-bond donors (Lipinski definition) is 0. The molecule has 1 unspecified atom stereocenters. The van der Waals surface area contributed by atoms with Gasteiger partial charge in [0.25, 0.3) is 6.10 Å². The zero-order chi connectivity index (χ0) is 31.0. The average molecular weight is 635 g/mol. The molecule has 0 N–H and O–H groups in total. The SMILES string of the molecule is CCCCOc1ccc([S+](c2ccc(OCCCC)cc2)c2ccc(OC(C(F)(F)F)C(F)(F)S(=O)(=O)[O-])cc2)cc1. The van der Waals surface area contributed by atoms with E-state index in [-0.39, 0.29) is 0 Å². The van der Waals surface area contributed by atoms with Gasteiger partial charge in [-0.2, -0.15) is 22.0 Å². The van der Waals surface area contributed by atoms with Crippen LogP contribution in [0.1, 0.15) is 39.5 Å². The molecule has 0 radical (unpaired) electrons. The normalized spacial score (nSPS) is 13.2. The predicted octanol–water partition coefficient (Wildman–Crippen LogP) is 7.59. The van der Waals surface area contributed by atoms with Gasteiger partial charge in [0.05, 0.1) is 24.1 Å². The quantitative estimate of drug-likeness (QED) is 0.0742. The van der Waals surface area contributed by atoms with Gasteiger partial charge in [-0.1, -0.05) is 26.7 Å². The van der Waals surface area contributed by atoms with E-state index in [2.05, 4.69) is 18.6 Å². The number of rotatable bonds is 15. The summed E-state index contributed by atoms with van der Waals surface area (Å²) in [5.74, 6) is 0.658. The molecule has 3 aromatic rings. The number of hydrogen-bond acceptors (Lipinski definition) is 6. The molecule has 0 aliphatic rings. The van der Waals surface area contributed by atoms with Gasteiger partial charge in [0.1, 0.15) is 17.2 Å². The third kappa shape index (κ3) is 8.74. The van der Waals surface area contributed by atoms with Gasteiger partial charge in [0, 0.05) is 0 Å². The van der Waals surface area contributed by atoms with Crippen molar-refractivity contribution in [2.45, 2.75) is 71.8 Å². The molecule has 0 saturated carbocycles. The molecule has 0 bridgehead atoms. The van der Waals surface area contributed by atoms with Crippen LogP contribution in [0.2, 0.25) is 0 Å². The fourth-order valence-electron chi connectivity index (χ4n) is 3.67. The highest BCUT2D eigenvalue weighted by molar-refractivity contribution is 7.97. The highest BCUT2D eigenvalue weighted by Gasteiger charge is 2.62. The van der Waals surface area contributed by atoms with Gasteiger partial charge >= 0.3 is 11.4 Å². The zero-order valence-electron chi connectivity index (χ0n) is 22.9. The molecular weight excluding hydrogens is 603 g/mol. The second-order valence-electron chi connectivity index (χ2n) is 9.18. The lowest BCUT2D eigenvalue weighted by Crippen LogP contribution is -2.53. The monoisotopic (exact) mass is 634 g/mol. The number of alkyl halides is 5. The molecule has 0 aromatic heterocycles. The Kier molecular flexibility index (Phi) is 11.5. The lowest BCUT2D eigenvalue weighted by atomic mass is 10.3. The minimum absolute atomic E-state index is 0.564. The number of halogens is 5. The first kappa shape index (κ1) is 33.5. The molecule has 0 heterocycles. The maximum absolute atomic E-state index is 13.9. The Hall–Kier alpha value is -3.03. The molecule has 0 saturated heterocycles. The smallest absolute Gasteiger partial charge is 0.432 e. The third-order valence-electron chi connectivity index (χ3n) is 5.90. The molecule has 0 spiro atoms. The summed E-state index contributed by atoms with van der Waals surface area (Å²) in [4.78, 5) is 2.28. The van der Waals surface area contributed by atoms with E-state index in [4.69, 9.17) is 9.47 Å². The minimum atomic E-state index is -6.67. The van der Waals surface area contributed by atoms with Gasteiger partial charge in [-0.3, -0.25) is 0 Å². The Morgan fingerprint density at radius 1 is 0.690 bits per heavy atom. The van der Waals surface area contributed by atoms with Crippen molar-refractivity contribution in [1.29, 1.82) is 0 Å².